The lowest BCUT2D eigenvalue weighted by Crippen LogP contribution is -2.25. The first kappa shape index (κ1) is 12.2. The van der Waals surface area contributed by atoms with E-state index >= 15 is 0 Å². The third kappa shape index (κ3) is 2.44. The molecule has 2 heterocycles. The van der Waals surface area contributed by atoms with E-state index in [9.17, 15) is 4.79 Å². The highest BCUT2D eigenvalue weighted by atomic mass is 79.9. The quantitative estimate of drug-likeness (QED) is 0.794. The van der Waals surface area contributed by atoms with Gasteiger partial charge in [-0.15, -0.1) is 0 Å². The average molecular weight is 328 g/mol. The molecule has 0 aliphatic carbocycles. The van der Waals surface area contributed by atoms with Gasteiger partial charge >= 0.3 is 5.69 Å². The van der Waals surface area contributed by atoms with Gasteiger partial charge in [-0.2, -0.15) is 11.8 Å². The highest BCUT2D eigenvalue weighted by Crippen LogP contribution is 2.29. The van der Waals surface area contributed by atoms with Gasteiger partial charge in [0, 0.05) is 16.3 Å². The van der Waals surface area contributed by atoms with E-state index < -0.39 is 0 Å². The van der Waals surface area contributed by atoms with Crippen molar-refractivity contribution in [2.75, 3.05) is 16.8 Å². The molecule has 0 saturated carbocycles. The van der Waals surface area contributed by atoms with Crippen molar-refractivity contribution >= 4 is 44.4 Å². The van der Waals surface area contributed by atoms with Crippen LogP contribution in [0.3, 0.4) is 0 Å². The lowest BCUT2D eigenvalue weighted by atomic mass is 10.1. The Labute approximate surface area is 117 Å². The van der Waals surface area contributed by atoms with E-state index in [1.54, 1.807) is 0 Å². The van der Waals surface area contributed by atoms with Gasteiger partial charge in [0.2, 0.25) is 0 Å². The second-order valence-electron chi connectivity index (χ2n) is 4.52. The molecule has 1 aromatic carbocycles. The summed E-state index contributed by atoms with van der Waals surface area (Å²) in [5.41, 5.74) is 2.55. The molecule has 6 heteroatoms. The van der Waals surface area contributed by atoms with Crippen LogP contribution in [0.1, 0.15) is 12.8 Å². The van der Waals surface area contributed by atoms with Crippen molar-refractivity contribution in [3.8, 4) is 0 Å². The smallest absolute Gasteiger partial charge is 0.323 e. The number of aromatic nitrogens is 2. The van der Waals surface area contributed by atoms with Crippen molar-refractivity contribution in [2.24, 2.45) is 0 Å². The standard InChI is InChI=1S/C12H14BrN3OS/c13-8-4-10-11(16-12(17)15-10)5-9(8)14-7-2-1-3-18-6-7/h4-5,7,14H,1-3,6H2,(H2,15,16,17). The molecule has 3 rings (SSSR count). The van der Waals surface area contributed by atoms with E-state index in [1.807, 2.05) is 23.9 Å². The Bertz CT molecular complexity index is 615. The van der Waals surface area contributed by atoms with Crippen LogP contribution in [0.2, 0.25) is 0 Å². The van der Waals surface area contributed by atoms with Gasteiger partial charge in [0.05, 0.1) is 16.7 Å². The third-order valence-electron chi connectivity index (χ3n) is 3.12. The third-order valence-corrected chi connectivity index (χ3v) is 5.00. The monoisotopic (exact) mass is 327 g/mol. The molecule has 0 spiro atoms. The number of aromatic amines is 2. The Morgan fingerprint density at radius 2 is 2.11 bits per heavy atom. The molecular weight excluding hydrogens is 314 g/mol. The molecule has 96 valence electrons. The van der Waals surface area contributed by atoms with Crippen LogP contribution in [0, 0.1) is 0 Å². The molecule has 1 saturated heterocycles. The summed E-state index contributed by atoms with van der Waals surface area (Å²) >= 11 is 5.54. The zero-order chi connectivity index (χ0) is 12.5. The average Bonchev–Trinajstić information content (AvgIpc) is 2.70. The molecule has 0 bridgehead atoms. The van der Waals surface area contributed by atoms with Crippen molar-refractivity contribution in [1.82, 2.24) is 9.97 Å². The molecule has 1 fully saturated rings. The van der Waals surface area contributed by atoms with Gasteiger partial charge in [-0.1, -0.05) is 0 Å². The van der Waals surface area contributed by atoms with Crippen LogP contribution in [-0.4, -0.2) is 27.5 Å². The summed E-state index contributed by atoms with van der Waals surface area (Å²) < 4.78 is 0.987. The Morgan fingerprint density at radius 1 is 1.33 bits per heavy atom. The van der Waals surface area contributed by atoms with Crippen molar-refractivity contribution in [3.05, 3.63) is 27.1 Å². The lowest BCUT2D eigenvalue weighted by molar-refractivity contribution is 0.685. The fourth-order valence-electron chi connectivity index (χ4n) is 2.24. The number of anilines is 1. The molecular formula is C12H14BrN3OS. The van der Waals surface area contributed by atoms with Gasteiger partial charge in [0.15, 0.2) is 0 Å². The summed E-state index contributed by atoms with van der Waals surface area (Å²) in [4.78, 5) is 16.8. The van der Waals surface area contributed by atoms with Gasteiger partial charge in [0.25, 0.3) is 0 Å². The molecule has 3 N–H and O–H groups in total. The number of thioether (sulfide) groups is 1. The number of imidazole rings is 1. The van der Waals surface area contributed by atoms with E-state index in [0.717, 1.165) is 26.9 Å². The maximum atomic E-state index is 11.3. The number of hydrogen-bond donors (Lipinski definition) is 3. The van der Waals surface area contributed by atoms with Crippen LogP contribution in [0.15, 0.2) is 21.4 Å². The topological polar surface area (TPSA) is 60.7 Å². The van der Waals surface area contributed by atoms with Crippen LogP contribution >= 0.6 is 27.7 Å². The fraction of sp³-hybridized carbons (Fsp3) is 0.417. The molecule has 18 heavy (non-hydrogen) atoms. The van der Waals surface area contributed by atoms with Crippen molar-refractivity contribution in [2.45, 2.75) is 18.9 Å². The summed E-state index contributed by atoms with van der Waals surface area (Å²) in [6, 6.07) is 4.44. The molecule has 1 aliphatic rings. The summed E-state index contributed by atoms with van der Waals surface area (Å²) in [6.45, 7) is 0. The Kier molecular flexibility index (Phi) is 3.39. The summed E-state index contributed by atoms with van der Waals surface area (Å²) in [5.74, 6) is 2.41. The summed E-state index contributed by atoms with van der Waals surface area (Å²) in [5, 5.41) is 3.55. The SMILES string of the molecule is O=c1[nH]c2cc(Br)c(NC3CCCSC3)cc2[nH]1. The van der Waals surface area contributed by atoms with E-state index in [2.05, 4.69) is 31.2 Å². The van der Waals surface area contributed by atoms with E-state index in [0.29, 0.717) is 6.04 Å². The normalized spacial score (nSPS) is 20.2. The zero-order valence-corrected chi connectivity index (χ0v) is 12.2. The predicted octanol–water partition coefficient (Wildman–Crippen LogP) is 2.93. The Morgan fingerprint density at radius 3 is 2.83 bits per heavy atom. The number of rotatable bonds is 2. The highest BCUT2D eigenvalue weighted by molar-refractivity contribution is 9.10. The molecule has 1 aromatic heterocycles. The van der Waals surface area contributed by atoms with Crippen LogP contribution in [-0.2, 0) is 0 Å². The molecule has 1 atom stereocenters. The largest absolute Gasteiger partial charge is 0.381 e. The summed E-state index contributed by atoms with van der Waals surface area (Å²) in [6.07, 6.45) is 2.48. The van der Waals surface area contributed by atoms with Crippen molar-refractivity contribution < 1.29 is 0 Å². The van der Waals surface area contributed by atoms with Gasteiger partial charge in [0.1, 0.15) is 0 Å². The van der Waals surface area contributed by atoms with E-state index in [-0.39, 0.29) is 5.69 Å². The number of hydrogen-bond acceptors (Lipinski definition) is 3. The first-order chi connectivity index (χ1) is 8.72. The second-order valence-corrected chi connectivity index (χ2v) is 6.52. The summed E-state index contributed by atoms with van der Waals surface area (Å²) in [7, 11) is 0. The minimum absolute atomic E-state index is 0.165. The predicted molar refractivity (Wildman–Crippen MR) is 80.6 cm³/mol. The number of fused-ring (bicyclic) bond motifs is 1. The second kappa shape index (κ2) is 5.01. The molecule has 0 amide bonds. The highest BCUT2D eigenvalue weighted by Gasteiger charge is 2.15. The first-order valence-corrected chi connectivity index (χ1v) is 7.93. The number of halogens is 1. The molecule has 0 radical (unpaired) electrons. The maximum Gasteiger partial charge on any atom is 0.323 e. The molecule has 1 aliphatic heterocycles. The van der Waals surface area contributed by atoms with E-state index in [1.165, 1.54) is 18.6 Å². The minimum Gasteiger partial charge on any atom is -0.381 e. The van der Waals surface area contributed by atoms with Crippen molar-refractivity contribution in [3.63, 3.8) is 0 Å². The molecule has 4 nitrogen and oxygen atoms in total. The lowest BCUT2D eigenvalue weighted by Gasteiger charge is -2.24. The van der Waals surface area contributed by atoms with Gasteiger partial charge in [-0.3, -0.25) is 0 Å². The Balaban J connectivity index is 1.90. The van der Waals surface area contributed by atoms with Crippen LogP contribution in [0.5, 0.6) is 0 Å². The van der Waals surface area contributed by atoms with Gasteiger partial charge in [-0.25, -0.2) is 4.79 Å². The maximum absolute atomic E-state index is 11.3. The molecule has 2 aromatic rings. The fourth-order valence-corrected chi connectivity index (χ4v) is 3.77. The van der Waals surface area contributed by atoms with Crippen LogP contribution in [0.4, 0.5) is 5.69 Å². The number of H-pyrrole nitrogens is 2. The van der Waals surface area contributed by atoms with Crippen molar-refractivity contribution in [1.29, 1.82) is 0 Å². The van der Waals surface area contributed by atoms with Gasteiger partial charge in [-0.05, 0) is 46.7 Å². The zero-order valence-electron chi connectivity index (χ0n) is 9.75. The van der Waals surface area contributed by atoms with Gasteiger partial charge < -0.3 is 15.3 Å². The molecule has 1 unspecified atom stereocenters. The first-order valence-electron chi connectivity index (χ1n) is 5.98. The van der Waals surface area contributed by atoms with Crippen LogP contribution < -0.4 is 11.0 Å². The Hall–Kier alpha value is -0.880. The number of benzene rings is 1. The van der Waals surface area contributed by atoms with Crippen LogP contribution in [0.25, 0.3) is 11.0 Å². The number of nitrogens with one attached hydrogen (secondary N) is 3. The van der Waals surface area contributed by atoms with E-state index in [4.69, 9.17) is 0 Å². The minimum atomic E-state index is -0.165.